The smallest absolute Gasteiger partial charge is 0.335 e. The van der Waals surface area contributed by atoms with Crippen molar-refractivity contribution in [2.24, 2.45) is 0 Å². The van der Waals surface area contributed by atoms with E-state index in [1.807, 2.05) is 0 Å². The van der Waals surface area contributed by atoms with Crippen molar-refractivity contribution < 1.29 is 14.6 Å². The molecule has 0 aliphatic heterocycles. The van der Waals surface area contributed by atoms with E-state index in [0.717, 1.165) is 0 Å². The number of hydrogen-bond acceptors (Lipinski definition) is 4. The summed E-state index contributed by atoms with van der Waals surface area (Å²) in [6.45, 7) is 0. The second-order valence-electron chi connectivity index (χ2n) is 2.99. The Bertz CT molecular complexity index is 570. The van der Waals surface area contributed by atoms with Crippen molar-refractivity contribution in [2.75, 3.05) is 0 Å². The van der Waals surface area contributed by atoms with Crippen LogP contribution in [-0.4, -0.2) is 16.1 Å². The predicted molar refractivity (Wildman–Crippen MR) is 65.6 cm³/mol. The Morgan fingerprint density at radius 3 is 2.71 bits per heavy atom. The fraction of sp³-hybridized carbons (Fsp3) is 0. The molecule has 0 spiro atoms. The van der Waals surface area contributed by atoms with E-state index >= 15 is 0 Å². The molecule has 0 unspecified atom stereocenters. The average Bonchev–Trinajstić information content (AvgIpc) is 2.67. The van der Waals surface area contributed by atoms with Gasteiger partial charge in [0.05, 0.1) is 10.6 Å². The van der Waals surface area contributed by atoms with Crippen molar-refractivity contribution in [1.29, 1.82) is 0 Å². The molecule has 88 valence electrons. The molecule has 0 bridgehead atoms. The Hall–Kier alpha value is -1.30. The SMILES string of the molecule is O=C(O)c1ccc(Oc2nc(Cl)cs2)c(Cl)c1. The number of nitrogens with zero attached hydrogens (tertiary/aromatic N) is 1. The zero-order valence-corrected chi connectivity index (χ0v) is 10.5. The van der Waals surface area contributed by atoms with Gasteiger partial charge in [-0.05, 0) is 18.2 Å². The summed E-state index contributed by atoms with van der Waals surface area (Å²) in [6, 6.07) is 4.19. The second kappa shape index (κ2) is 4.91. The second-order valence-corrected chi connectivity index (χ2v) is 4.60. The van der Waals surface area contributed by atoms with Gasteiger partial charge in [0.25, 0.3) is 5.19 Å². The summed E-state index contributed by atoms with van der Waals surface area (Å²) in [6.07, 6.45) is 0. The van der Waals surface area contributed by atoms with Crippen molar-refractivity contribution in [3.8, 4) is 10.9 Å². The Kier molecular flexibility index (Phi) is 3.51. The zero-order valence-electron chi connectivity index (χ0n) is 8.18. The average molecular weight is 290 g/mol. The van der Waals surface area contributed by atoms with Gasteiger partial charge in [0.1, 0.15) is 10.9 Å². The summed E-state index contributed by atoms with van der Waals surface area (Å²) in [5, 5.41) is 11.3. The van der Waals surface area contributed by atoms with Gasteiger partial charge in [-0.25, -0.2) is 4.79 Å². The van der Waals surface area contributed by atoms with Crippen LogP contribution in [0.1, 0.15) is 10.4 Å². The molecule has 0 saturated carbocycles. The first-order valence-electron chi connectivity index (χ1n) is 4.38. The molecule has 1 aromatic carbocycles. The van der Waals surface area contributed by atoms with E-state index < -0.39 is 5.97 Å². The third-order valence-electron chi connectivity index (χ3n) is 1.83. The monoisotopic (exact) mass is 289 g/mol. The van der Waals surface area contributed by atoms with E-state index in [-0.39, 0.29) is 10.6 Å². The molecule has 0 amide bonds. The molecule has 0 aliphatic rings. The van der Waals surface area contributed by atoms with Gasteiger partial charge in [-0.1, -0.05) is 34.5 Å². The highest BCUT2D eigenvalue weighted by atomic mass is 35.5. The molecule has 7 heteroatoms. The van der Waals surface area contributed by atoms with Crippen LogP contribution < -0.4 is 4.74 Å². The lowest BCUT2D eigenvalue weighted by Crippen LogP contribution is -1.96. The molecule has 1 aromatic heterocycles. The number of carboxylic acid groups (broad SMARTS) is 1. The Morgan fingerprint density at radius 2 is 2.18 bits per heavy atom. The van der Waals surface area contributed by atoms with Crippen molar-refractivity contribution >= 4 is 40.5 Å². The van der Waals surface area contributed by atoms with Crippen molar-refractivity contribution in [3.63, 3.8) is 0 Å². The van der Waals surface area contributed by atoms with Crippen LogP contribution in [0.25, 0.3) is 0 Å². The summed E-state index contributed by atoms with van der Waals surface area (Å²) in [4.78, 5) is 14.6. The summed E-state index contributed by atoms with van der Waals surface area (Å²) in [7, 11) is 0. The lowest BCUT2D eigenvalue weighted by Gasteiger charge is -2.04. The molecule has 0 fully saturated rings. The van der Waals surface area contributed by atoms with Crippen LogP contribution in [0.3, 0.4) is 0 Å². The molecule has 0 aliphatic carbocycles. The Labute approximate surface area is 110 Å². The molecular formula is C10H5Cl2NO3S. The van der Waals surface area contributed by atoms with Gasteiger partial charge >= 0.3 is 5.97 Å². The summed E-state index contributed by atoms with van der Waals surface area (Å²) >= 11 is 12.8. The van der Waals surface area contributed by atoms with E-state index in [1.165, 1.54) is 29.5 Å². The highest BCUT2D eigenvalue weighted by molar-refractivity contribution is 7.11. The van der Waals surface area contributed by atoms with E-state index in [1.54, 1.807) is 5.38 Å². The third kappa shape index (κ3) is 2.88. The van der Waals surface area contributed by atoms with Crippen molar-refractivity contribution in [2.45, 2.75) is 0 Å². The lowest BCUT2D eigenvalue weighted by atomic mass is 10.2. The van der Waals surface area contributed by atoms with Gasteiger partial charge in [0, 0.05) is 5.38 Å². The topological polar surface area (TPSA) is 59.4 Å². The fourth-order valence-electron chi connectivity index (χ4n) is 1.10. The first-order valence-corrected chi connectivity index (χ1v) is 6.01. The van der Waals surface area contributed by atoms with Gasteiger partial charge in [-0.15, -0.1) is 0 Å². The van der Waals surface area contributed by atoms with Crippen molar-refractivity contribution in [3.05, 3.63) is 39.3 Å². The van der Waals surface area contributed by atoms with Gasteiger partial charge in [-0.3, -0.25) is 0 Å². The Balaban J connectivity index is 2.25. The third-order valence-corrected chi connectivity index (χ3v) is 3.17. The molecular weight excluding hydrogens is 285 g/mol. The largest absolute Gasteiger partial charge is 0.478 e. The maximum absolute atomic E-state index is 10.7. The highest BCUT2D eigenvalue weighted by Gasteiger charge is 2.10. The minimum Gasteiger partial charge on any atom is -0.478 e. The minimum atomic E-state index is -1.05. The number of hydrogen-bond donors (Lipinski definition) is 1. The van der Waals surface area contributed by atoms with E-state index in [0.29, 0.717) is 16.1 Å². The van der Waals surface area contributed by atoms with Crippen LogP contribution in [-0.2, 0) is 0 Å². The van der Waals surface area contributed by atoms with E-state index in [9.17, 15) is 4.79 Å². The normalized spacial score (nSPS) is 10.2. The van der Waals surface area contributed by atoms with Gasteiger partial charge < -0.3 is 9.84 Å². The number of benzene rings is 1. The fourth-order valence-corrected chi connectivity index (χ4v) is 2.12. The molecule has 0 radical (unpaired) electrons. The maximum Gasteiger partial charge on any atom is 0.335 e. The van der Waals surface area contributed by atoms with E-state index in [2.05, 4.69) is 4.98 Å². The number of carboxylic acids is 1. The molecule has 0 saturated heterocycles. The number of halogens is 2. The van der Waals surface area contributed by atoms with Crippen LogP contribution >= 0.6 is 34.5 Å². The number of carbonyl (C=O) groups is 1. The number of aromatic nitrogens is 1. The van der Waals surface area contributed by atoms with Gasteiger partial charge in [0.2, 0.25) is 0 Å². The van der Waals surface area contributed by atoms with Gasteiger partial charge in [-0.2, -0.15) is 4.98 Å². The maximum atomic E-state index is 10.7. The number of rotatable bonds is 3. The standard InChI is InChI=1S/C10H5Cl2NO3S/c11-6-3-5(9(14)15)1-2-7(6)16-10-13-8(12)4-17-10/h1-4H,(H,14,15). The molecule has 17 heavy (non-hydrogen) atoms. The van der Waals surface area contributed by atoms with Crippen LogP contribution in [0.4, 0.5) is 0 Å². The van der Waals surface area contributed by atoms with Gasteiger partial charge in [0.15, 0.2) is 0 Å². The number of thiazole rings is 1. The predicted octanol–water partition coefficient (Wildman–Crippen LogP) is 3.94. The number of aromatic carboxylic acids is 1. The zero-order chi connectivity index (χ0) is 12.4. The quantitative estimate of drug-likeness (QED) is 0.930. The van der Waals surface area contributed by atoms with Crippen molar-refractivity contribution in [1.82, 2.24) is 4.98 Å². The van der Waals surface area contributed by atoms with Crippen LogP contribution in [0, 0.1) is 0 Å². The molecule has 4 nitrogen and oxygen atoms in total. The minimum absolute atomic E-state index is 0.0968. The molecule has 2 aromatic rings. The summed E-state index contributed by atoms with van der Waals surface area (Å²) < 4.78 is 5.36. The Morgan fingerprint density at radius 1 is 1.41 bits per heavy atom. The first kappa shape index (κ1) is 12.2. The molecule has 1 heterocycles. The van der Waals surface area contributed by atoms with Crippen LogP contribution in [0.5, 0.6) is 10.9 Å². The van der Waals surface area contributed by atoms with E-state index in [4.69, 9.17) is 33.0 Å². The highest BCUT2D eigenvalue weighted by Crippen LogP contribution is 2.32. The summed E-state index contributed by atoms with van der Waals surface area (Å²) in [5.74, 6) is -0.710. The number of ether oxygens (including phenoxy) is 1. The molecule has 1 N–H and O–H groups in total. The first-order chi connectivity index (χ1) is 8.06. The van der Waals surface area contributed by atoms with Crippen LogP contribution in [0.2, 0.25) is 10.2 Å². The molecule has 2 rings (SSSR count). The van der Waals surface area contributed by atoms with Crippen LogP contribution in [0.15, 0.2) is 23.6 Å². The lowest BCUT2D eigenvalue weighted by molar-refractivity contribution is 0.0697. The molecule has 0 atom stereocenters. The summed E-state index contributed by atoms with van der Waals surface area (Å²) in [5.41, 5.74) is 0.0968.